The smallest absolute Gasteiger partial charge is 0.307 e. The van der Waals surface area contributed by atoms with Crippen LogP contribution >= 0.6 is 0 Å². The highest BCUT2D eigenvalue weighted by Crippen LogP contribution is 2.08. The molecule has 0 rings (SSSR count). The highest BCUT2D eigenvalue weighted by molar-refractivity contribution is 5.71. The first kappa shape index (κ1) is 34.2. The molecule has 0 saturated carbocycles. The van der Waals surface area contributed by atoms with Gasteiger partial charge in [-0.3, -0.25) is 9.59 Å². The number of ether oxygens (including phenoxy) is 1. The molecule has 0 aliphatic rings. The zero-order valence-electron chi connectivity index (χ0n) is 22.6. The molecule has 0 aromatic carbocycles. The van der Waals surface area contributed by atoms with Gasteiger partial charge >= 0.3 is 11.9 Å². The maximum Gasteiger partial charge on any atom is 0.307 e. The number of aliphatic carboxylic acids is 1. The molecule has 0 fully saturated rings. The van der Waals surface area contributed by atoms with Crippen molar-refractivity contribution in [2.45, 2.75) is 69.9 Å². The van der Waals surface area contributed by atoms with Crippen molar-refractivity contribution in [1.82, 2.24) is 0 Å². The van der Waals surface area contributed by atoms with Gasteiger partial charge in [-0.15, -0.1) is 0 Å². The van der Waals surface area contributed by atoms with E-state index in [0.717, 1.165) is 6.42 Å². The summed E-state index contributed by atoms with van der Waals surface area (Å²) in [6.45, 7) is 2.42. The lowest BCUT2D eigenvalue weighted by Gasteiger charge is -2.28. The number of esters is 1. The lowest BCUT2D eigenvalue weighted by Crippen LogP contribution is -2.43. The van der Waals surface area contributed by atoms with Crippen molar-refractivity contribution in [3.63, 3.8) is 0 Å². The quantitative estimate of drug-likeness (QED) is 0.0890. The standard InChI is InChI=1S/C29H45NO7/c1-5-6-12-19-26(32)27(33)20-15-10-8-7-9-13-17-24(31)18-14-11-16-21-29(36)37-25(22-28(34)35)23-30(2,3)4/h6-15,17,20,24-27,31-33H,5,16,18-19,21-23H2,1-4H3/p+1/b9-7+,10-8+,12-6+,14-11+,17-13+,20-15+. The highest BCUT2D eigenvalue weighted by Gasteiger charge is 2.24. The largest absolute Gasteiger partial charge is 0.481 e. The van der Waals surface area contributed by atoms with E-state index in [1.54, 1.807) is 54.7 Å². The van der Waals surface area contributed by atoms with Crippen LogP contribution in [-0.4, -0.2) is 89.0 Å². The fourth-order valence-corrected chi connectivity index (χ4v) is 3.12. The van der Waals surface area contributed by atoms with Crippen molar-refractivity contribution in [3.8, 4) is 0 Å². The Kier molecular flexibility index (Phi) is 18.8. The lowest BCUT2D eigenvalue weighted by atomic mass is 10.1. The van der Waals surface area contributed by atoms with Gasteiger partial charge in [-0.05, 0) is 25.7 Å². The maximum absolute atomic E-state index is 12.0. The molecule has 208 valence electrons. The monoisotopic (exact) mass is 520 g/mol. The topological polar surface area (TPSA) is 124 Å². The van der Waals surface area contributed by atoms with Gasteiger partial charge in [-0.1, -0.05) is 79.8 Å². The van der Waals surface area contributed by atoms with Crippen LogP contribution in [0.15, 0.2) is 72.9 Å². The van der Waals surface area contributed by atoms with Gasteiger partial charge < -0.3 is 29.6 Å². The van der Waals surface area contributed by atoms with Crippen molar-refractivity contribution < 1.29 is 39.2 Å². The van der Waals surface area contributed by atoms with E-state index >= 15 is 0 Å². The molecule has 0 aromatic rings. The van der Waals surface area contributed by atoms with Crippen LogP contribution in [0.5, 0.6) is 0 Å². The van der Waals surface area contributed by atoms with Gasteiger partial charge in [-0.25, -0.2) is 0 Å². The van der Waals surface area contributed by atoms with Crippen LogP contribution in [0.1, 0.15) is 45.4 Å². The summed E-state index contributed by atoms with van der Waals surface area (Å²) in [5.41, 5.74) is 0. The molecule has 4 unspecified atom stereocenters. The molecule has 0 saturated heterocycles. The Morgan fingerprint density at radius 2 is 1.43 bits per heavy atom. The molecular formula is C29H46NO7+. The molecule has 8 nitrogen and oxygen atoms in total. The van der Waals surface area contributed by atoms with Crippen molar-refractivity contribution in [3.05, 3.63) is 72.9 Å². The van der Waals surface area contributed by atoms with Crippen LogP contribution in [0.2, 0.25) is 0 Å². The van der Waals surface area contributed by atoms with Crippen molar-refractivity contribution in [1.29, 1.82) is 0 Å². The van der Waals surface area contributed by atoms with Gasteiger partial charge in [0.05, 0.1) is 45.9 Å². The van der Waals surface area contributed by atoms with Gasteiger partial charge in [0.25, 0.3) is 0 Å². The first-order valence-electron chi connectivity index (χ1n) is 12.7. The minimum absolute atomic E-state index is 0.144. The van der Waals surface area contributed by atoms with Crippen LogP contribution in [0, 0.1) is 0 Å². The molecule has 0 heterocycles. The fourth-order valence-electron chi connectivity index (χ4n) is 3.12. The molecule has 0 spiro atoms. The number of hydrogen-bond donors (Lipinski definition) is 4. The van der Waals surface area contributed by atoms with Crippen molar-refractivity contribution >= 4 is 11.9 Å². The molecule has 0 aliphatic heterocycles. The molecule has 0 aromatic heterocycles. The molecular weight excluding hydrogens is 474 g/mol. The third-order valence-electron chi connectivity index (χ3n) is 4.88. The van der Waals surface area contributed by atoms with Gasteiger partial charge in [-0.2, -0.15) is 0 Å². The van der Waals surface area contributed by atoms with Crippen LogP contribution in [-0.2, 0) is 14.3 Å². The summed E-state index contributed by atoms with van der Waals surface area (Å²) >= 11 is 0. The predicted molar refractivity (Wildman–Crippen MR) is 147 cm³/mol. The summed E-state index contributed by atoms with van der Waals surface area (Å²) in [6.07, 6.45) is 19.9. The molecule has 0 bridgehead atoms. The van der Waals surface area contributed by atoms with E-state index in [9.17, 15) is 24.9 Å². The third-order valence-corrected chi connectivity index (χ3v) is 4.88. The van der Waals surface area contributed by atoms with Gasteiger partial charge in [0, 0.05) is 6.42 Å². The van der Waals surface area contributed by atoms with E-state index in [2.05, 4.69) is 0 Å². The Labute approximate surface area is 221 Å². The minimum atomic E-state index is -1.00. The summed E-state index contributed by atoms with van der Waals surface area (Å²) in [5, 5.41) is 38.7. The second-order valence-electron chi connectivity index (χ2n) is 9.71. The van der Waals surface area contributed by atoms with E-state index in [1.807, 2.05) is 40.2 Å². The van der Waals surface area contributed by atoms with E-state index in [1.165, 1.54) is 6.08 Å². The second-order valence-corrected chi connectivity index (χ2v) is 9.71. The predicted octanol–water partition coefficient (Wildman–Crippen LogP) is 3.47. The highest BCUT2D eigenvalue weighted by atomic mass is 16.5. The Morgan fingerprint density at radius 3 is 2.03 bits per heavy atom. The summed E-state index contributed by atoms with van der Waals surface area (Å²) < 4.78 is 5.82. The lowest BCUT2D eigenvalue weighted by molar-refractivity contribution is -0.873. The number of carboxylic acid groups (broad SMARTS) is 1. The SMILES string of the molecule is CC/C=C/CC(O)C(O)/C=C/C=C/C=C/C=C/C(O)C/C=C/CCC(=O)OC(CC(=O)O)C[N+](C)(C)C. The number of carbonyl (C=O) groups is 2. The number of hydrogen-bond acceptors (Lipinski definition) is 6. The molecule has 4 N–H and O–H groups in total. The number of likely N-dealkylation sites (N-methyl/N-ethyl adjacent to an activating group) is 1. The first-order chi connectivity index (χ1) is 17.4. The van der Waals surface area contributed by atoms with E-state index in [-0.39, 0.29) is 12.8 Å². The van der Waals surface area contributed by atoms with E-state index in [0.29, 0.717) is 30.3 Å². The summed E-state index contributed by atoms with van der Waals surface area (Å²) in [7, 11) is 5.72. The van der Waals surface area contributed by atoms with E-state index in [4.69, 9.17) is 9.84 Å². The Morgan fingerprint density at radius 1 is 0.838 bits per heavy atom. The summed E-state index contributed by atoms with van der Waals surface area (Å²) in [4.78, 5) is 23.0. The molecule has 37 heavy (non-hydrogen) atoms. The van der Waals surface area contributed by atoms with Crippen LogP contribution in [0.3, 0.4) is 0 Å². The zero-order valence-corrected chi connectivity index (χ0v) is 22.6. The first-order valence-corrected chi connectivity index (χ1v) is 12.7. The fraction of sp³-hybridized carbons (Fsp3) is 0.517. The minimum Gasteiger partial charge on any atom is -0.481 e. The number of carboxylic acids is 1. The third kappa shape index (κ3) is 22.2. The van der Waals surface area contributed by atoms with Gasteiger partial charge in [0.1, 0.15) is 6.54 Å². The summed E-state index contributed by atoms with van der Waals surface area (Å²) in [6, 6.07) is 0. The number of aliphatic hydroxyl groups excluding tert-OH is 3. The average molecular weight is 521 g/mol. The number of aliphatic hydroxyl groups is 3. The van der Waals surface area contributed by atoms with Crippen LogP contribution < -0.4 is 0 Å². The molecule has 0 amide bonds. The normalized spacial score (nSPS) is 16.5. The molecule has 0 aliphatic carbocycles. The average Bonchev–Trinajstić information content (AvgIpc) is 2.78. The van der Waals surface area contributed by atoms with Gasteiger partial charge in [0.2, 0.25) is 0 Å². The van der Waals surface area contributed by atoms with E-state index < -0.39 is 36.4 Å². The van der Waals surface area contributed by atoms with Gasteiger partial charge in [0.15, 0.2) is 6.10 Å². The number of carbonyl (C=O) groups excluding carboxylic acids is 1. The molecule has 0 radical (unpaired) electrons. The number of allylic oxidation sites excluding steroid dienone is 8. The number of nitrogens with zero attached hydrogens (tertiary/aromatic N) is 1. The molecule has 8 heteroatoms. The Balaban J connectivity index is 4.25. The van der Waals surface area contributed by atoms with Crippen LogP contribution in [0.25, 0.3) is 0 Å². The number of quaternary nitrogens is 1. The Hall–Kier alpha value is -2.78. The Bertz CT molecular complexity index is 819. The van der Waals surface area contributed by atoms with Crippen molar-refractivity contribution in [2.24, 2.45) is 0 Å². The second kappa shape index (κ2) is 20.3. The number of rotatable bonds is 19. The summed E-state index contributed by atoms with van der Waals surface area (Å²) in [5.74, 6) is -1.44. The van der Waals surface area contributed by atoms with Crippen LogP contribution in [0.4, 0.5) is 0 Å². The zero-order chi connectivity index (χ0) is 28.1. The van der Waals surface area contributed by atoms with Crippen molar-refractivity contribution in [2.75, 3.05) is 27.7 Å². The molecule has 4 atom stereocenters. The maximum atomic E-state index is 12.0.